The first-order chi connectivity index (χ1) is 12.5. The van der Waals surface area contributed by atoms with E-state index in [1.54, 1.807) is 0 Å². The van der Waals surface area contributed by atoms with Crippen molar-refractivity contribution in [2.75, 3.05) is 30.8 Å². The van der Waals surface area contributed by atoms with Crippen molar-refractivity contribution in [3.05, 3.63) is 16.0 Å². The number of amides is 3. The normalized spacial score (nSPS) is 16.3. The van der Waals surface area contributed by atoms with E-state index in [0.29, 0.717) is 22.9 Å². The number of nitrogens with zero attached hydrogens (tertiary/aromatic N) is 1. The zero-order valence-electron chi connectivity index (χ0n) is 14.0. The van der Waals surface area contributed by atoms with Crippen molar-refractivity contribution in [2.24, 2.45) is 5.73 Å². The van der Waals surface area contributed by atoms with Crippen LogP contribution in [0.5, 0.6) is 0 Å². The van der Waals surface area contributed by atoms with Gasteiger partial charge in [-0.1, -0.05) is 11.8 Å². The fourth-order valence-corrected chi connectivity index (χ4v) is 5.13. The molecule has 1 aromatic rings. The van der Waals surface area contributed by atoms with Gasteiger partial charge in [0.1, 0.15) is 11.5 Å². The minimum Gasteiger partial charge on any atom is -0.454 e. The van der Waals surface area contributed by atoms with E-state index in [9.17, 15) is 19.2 Å². The highest BCUT2D eigenvalue weighted by Gasteiger charge is 2.26. The molecule has 0 bridgehead atoms. The summed E-state index contributed by atoms with van der Waals surface area (Å²) in [7, 11) is 0. The predicted octanol–water partition coefficient (Wildman–Crippen LogP) is 1.38. The molecule has 1 aliphatic carbocycles. The molecule has 1 fully saturated rings. The molecule has 8 nitrogen and oxygen atoms in total. The van der Waals surface area contributed by atoms with Crippen LogP contribution >= 0.6 is 23.1 Å². The SMILES string of the molecule is NC(=O)c1c(NC(=O)COC(=O)CN2CCSC2=O)sc2c1CCCC2. The highest BCUT2D eigenvalue weighted by Crippen LogP contribution is 2.37. The number of rotatable bonds is 6. The van der Waals surface area contributed by atoms with Crippen LogP contribution in [0.1, 0.15) is 33.6 Å². The van der Waals surface area contributed by atoms with Gasteiger partial charge in [0.05, 0.1) is 5.56 Å². The summed E-state index contributed by atoms with van der Waals surface area (Å²) in [5, 5.41) is 2.87. The maximum Gasteiger partial charge on any atom is 0.326 e. The number of primary amides is 1. The number of anilines is 1. The Morgan fingerprint density at radius 2 is 2.00 bits per heavy atom. The van der Waals surface area contributed by atoms with Crippen molar-refractivity contribution in [1.29, 1.82) is 0 Å². The van der Waals surface area contributed by atoms with Gasteiger partial charge < -0.3 is 20.7 Å². The zero-order valence-corrected chi connectivity index (χ0v) is 15.7. The van der Waals surface area contributed by atoms with Crippen LogP contribution in [0, 0.1) is 0 Å². The van der Waals surface area contributed by atoms with Crippen LogP contribution < -0.4 is 11.1 Å². The van der Waals surface area contributed by atoms with Crippen molar-refractivity contribution in [2.45, 2.75) is 25.7 Å². The van der Waals surface area contributed by atoms with Crippen molar-refractivity contribution in [3.63, 3.8) is 0 Å². The Balaban J connectivity index is 1.56. The van der Waals surface area contributed by atoms with Crippen molar-refractivity contribution in [3.8, 4) is 0 Å². The molecule has 3 amide bonds. The predicted molar refractivity (Wildman–Crippen MR) is 98.5 cm³/mol. The van der Waals surface area contributed by atoms with Crippen LogP contribution in [0.4, 0.5) is 9.80 Å². The van der Waals surface area contributed by atoms with Gasteiger partial charge in [0, 0.05) is 17.2 Å². The first-order valence-electron chi connectivity index (χ1n) is 8.27. The van der Waals surface area contributed by atoms with Gasteiger partial charge in [0.15, 0.2) is 6.61 Å². The number of hydrogen-bond acceptors (Lipinski definition) is 7. The molecule has 26 heavy (non-hydrogen) atoms. The minimum atomic E-state index is -0.642. The third kappa shape index (κ3) is 4.18. The van der Waals surface area contributed by atoms with Crippen molar-refractivity contribution in [1.82, 2.24) is 4.90 Å². The van der Waals surface area contributed by atoms with Crippen LogP contribution in [0.3, 0.4) is 0 Å². The maximum absolute atomic E-state index is 12.1. The molecule has 0 spiro atoms. The van der Waals surface area contributed by atoms with E-state index >= 15 is 0 Å². The van der Waals surface area contributed by atoms with Gasteiger partial charge in [-0.25, -0.2) is 0 Å². The number of ether oxygens (including phenoxy) is 1. The first kappa shape index (κ1) is 18.7. The lowest BCUT2D eigenvalue weighted by Crippen LogP contribution is -2.32. The second kappa shape index (κ2) is 8.09. The standard InChI is InChI=1S/C16H19N3O5S2/c17-14(22)13-9-3-1-2-4-10(9)26-15(13)18-11(20)8-24-12(21)7-19-5-6-25-16(19)23/h1-8H2,(H2,17,22)(H,18,20). The van der Waals surface area contributed by atoms with Gasteiger partial charge >= 0.3 is 5.97 Å². The largest absolute Gasteiger partial charge is 0.454 e. The number of aryl methyl sites for hydroxylation is 1. The fourth-order valence-electron chi connectivity index (χ4n) is 2.99. The second-order valence-corrected chi connectivity index (χ2v) is 8.18. The summed E-state index contributed by atoms with van der Waals surface area (Å²) in [5.74, 6) is -1.11. The molecule has 1 aromatic heterocycles. The average Bonchev–Trinajstić information content (AvgIpc) is 3.16. The second-order valence-electron chi connectivity index (χ2n) is 6.02. The number of nitrogens with two attached hydrogens (primary N) is 1. The summed E-state index contributed by atoms with van der Waals surface area (Å²) < 4.78 is 4.92. The molecule has 2 heterocycles. The van der Waals surface area contributed by atoms with E-state index < -0.39 is 24.4 Å². The number of carbonyl (C=O) groups excluding carboxylic acids is 4. The van der Waals surface area contributed by atoms with E-state index in [4.69, 9.17) is 10.5 Å². The first-order valence-corrected chi connectivity index (χ1v) is 10.1. The molecule has 3 rings (SSSR count). The van der Waals surface area contributed by atoms with Crippen molar-refractivity contribution < 1.29 is 23.9 Å². The zero-order chi connectivity index (χ0) is 18.7. The van der Waals surface area contributed by atoms with Gasteiger partial charge in [-0.3, -0.25) is 19.2 Å². The Bertz CT molecular complexity index is 761. The van der Waals surface area contributed by atoms with Gasteiger partial charge in [0.2, 0.25) is 0 Å². The third-order valence-electron chi connectivity index (χ3n) is 4.20. The van der Waals surface area contributed by atoms with E-state index in [1.807, 2.05) is 0 Å². The maximum atomic E-state index is 12.1. The van der Waals surface area contributed by atoms with Crippen LogP contribution in [0.2, 0.25) is 0 Å². The van der Waals surface area contributed by atoms with Crippen LogP contribution in [-0.2, 0) is 27.2 Å². The lowest BCUT2D eigenvalue weighted by Gasteiger charge is -2.13. The molecular weight excluding hydrogens is 378 g/mol. The number of carbonyl (C=O) groups is 4. The molecule has 2 aliphatic rings. The molecule has 140 valence electrons. The Kier molecular flexibility index (Phi) is 5.82. The molecule has 0 aromatic carbocycles. The molecule has 1 aliphatic heterocycles. The molecule has 1 saturated heterocycles. The van der Waals surface area contributed by atoms with Gasteiger partial charge in [0.25, 0.3) is 17.1 Å². The van der Waals surface area contributed by atoms with E-state index in [-0.39, 0.29) is 11.8 Å². The third-order valence-corrected chi connectivity index (χ3v) is 6.30. The number of esters is 1. The number of hydrogen-bond donors (Lipinski definition) is 2. The highest BCUT2D eigenvalue weighted by atomic mass is 32.2. The van der Waals surface area contributed by atoms with Gasteiger partial charge in [-0.15, -0.1) is 11.3 Å². The Morgan fingerprint density at radius 3 is 2.69 bits per heavy atom. The lowest BCUT2D eigenvalue weighted by molar-refractivity contribution is -0.147. The number of nitrogens with one attached hydrogen (secondary N) is 1. The summed E-state index contributed by atoms with van der Waals surface area (Å²) in [6.07, 6.45) is 3.68. The summed E-state index contributed by atoms with van der Waals surface area (Å²) in [4.78, 5) is 49.5. The molecule has 3 N–H and O–H groups in total. The molecule has 0 radical (unpaired) electrons. The van der Waals surface area contributed by atoms with E-state index in [1.165, 1.54) is 16.2 Å². The topological polar surface area (TPSA) is 119 Å². The van der Waals surface area contributed by atoms with E-state index in [2.05, 4.69) is 5.32 Å². The smallest absolute Gasteiger partial charge is 0.326 e. The molecular formula is C16H19N3O5S2. The molecule has 0 unspecified atom stereocenters. The molecule has 0 atom stereocenters. The number of thiophene rings is 1. The Hall–Kier alpha value is -2.07. The highest BCUT2D eigenvalue weighted by molar-refractivity contribution is 8.13. The molecule has 10 heteroatoms. The van der Waals surface area contributed by atoms with Gasteiger partial charge in [-0.05, 0) is 31.2 Å². The number of fused-ring (bicyclic) bond motifs is 1. The monoisotopic (exact) mass is 397 g/mol. The van der Waals surface area contributed by atoms with Crippen LogP contribution in [-0.4, -0.2) is 53.4 Å². The van der Waals surface area contributed by atoms with Crippen molar-refractivity contribution >= 4 is 51.1 Å². The summed E-state index contributed by atoms with van der Waals surface area (Å²) in [5.41, 5.74) is 6.76. The van der Waals surface area contributed by atoms with Crippen LogP contribution in [0.25, 0.3) is 0 Å². The average molecular weight is 397 g/mol. The summed E-state index contributed by atoms with van der Waals surface area (Å²) in [6.45, 7) is -0.152. The van der Waals surface area contributed by atoms with Crippen LogP contribution in [0.15, 0.2) is 0 Å². The Labute approximate surface area is 158 Å². The fraction of sp³-hybridized carbons (Fsp3) is 0.500. The summed E-state index contributed by atoms with van der Waals surface area (Å²) >= 11 is 2.50. The number of thioether (sulfide) groups is 1. The minimum absolute atomic E-state index is 0.165. The van der Waals surface area contributed by atoms with E-state index in [0.717, 1.165) is 47.9 Å². The lowest BCUT2D eigenvalue weighted by atomic mass is 9.95. The molecule has 0 saturated carbocycles. The quantitative estimate of drug-likeness (QED) is 0.700. The van der Waals surface area contributed by atoms with Gasteiger partial charge in [-0.2, -0.15) is 0 Å². The summed E-state index contributed by atoms with van der Waals surface area (Å²) in [6, 6.07) is 0. The Morgan fingerprint density at radius 1 is 1.23 bits per heavy atom.